The van der Waals surface area contributed by atoms with Crippen LogP contribution in [0.1, 0.15) is 40.0 Å². The van der Waals surface area contributed by atoms with Crippen LogP contribution in [0.15, 0.2) is 0 Å². The first kappa shape index (κ1) is 8.32. The molecule has 6 atom stereocenters. The molecule has 0 heterocycles. The maximum Gasteiger partial charge on any atom is -0.0328 e. The van der Waals surface area contributed by atoms with Gasteiger partial charge in [-0.25, -0.2) is 0 Å². The fourth-order valence-electron chi connectivity index (χ4n) is 4.92. The molecule has 0 saturated heterocycles. The molecule has 0 aliphatic heterocycles. The van der Waals surface area contributed by atoms with Crippen LogP contribution in [0.4, 0.5) is 0 Å². The minimum atomic E-state index is 1.05. The van der Waals surface area contributed by atoms with E-state index >= 15 is 0 Å². The Kier molecular flexibility index (Phi) is 1.61. The topological polar surface area (TPSA) is 0 Å². The van der Waals surface area contributed by atoms with Gasteiger partial charge in [0.05, 0.1) is 0 Å². The fraction of sp³-hybridized carbons (Fsp3) is 1.00. The molecular formula is C13H22. The smallest absolute Gasteiger partial charge is 0.0328 e. The Hall–Kier alpha value is 0. The van der Waals surface area contributed by atoms with E-state index in [1.165, 1.54) is 12.3 Å². The van der Waals surface area contributed by atoms with Crippen molar-refractivity contribution in [3.8, 4) is 0 Å². The highest BCUT2D eigenvalue weighted by Gasteiger charge is 2.57. The Labute approximate surface area is 82.1 Å². The minimum absolute atomic E-state index is 1.05. The van der Waals surface area contributed by atoms with Crippen molar-refractivity contribution in [1.29, 1.82) is 0 Å². The van der Waals surface area contributed by atoms with E-state index < -0.39 is 0 Å². The van der Waals surface area contributed by atoms with Gasteiger partial charge in [-0.15, -0.1) is 0 Å². The summed E-state index contributed by atoms with van der Waals surface area (Å²) in [6.07, 6.45) is 4.65. The van der Waals surface area contributed by atoms with Gasteiger partial charge in [-0.05, 0) is 60.7 Å². The van der Waals surface area contributed by atoms with Crippen molar-refractivity contribution in [2.24, 2.45) is 41.4 Å². The maximum absolute atomic E-state index is 2.47. The molecule has 0 spiro atoms. The SMILES string of the molecule is CC1CC(C)C1C1CC2CC(C)C21. The first-order valence-corrected chi connectivity index (χ1v) is 6.18. The number of rotatable bonds is 1. The second-order valence-electron chi connectivity index (χ2n) is 6.22. The normalized spacial score (nSPS) is 64.4. The third-order valence-corrected chi connectivity index (χ3v) is 5.50. The highest BCUT2D eigenvalue weighted by molar-refractivity contribution is 5.06. The van der Waals surface area contributed by atoms with Crippen molar-refractivity contribution in [3.63, 3.8) is 0 Å². The van der Waals surface area contributed by atoms with Crippen LogP contribution in [0.2, 0.25) is 0 Å². The van der Waals surface area contributed by atoms with Crippen LogP contribution >= 0.6 is 0 Å². The molecule has 3 saturated carbocycles. The van der Waals surface area contributed by atoms with Gasteiger partial charge < -0.3 is 0 Å². The number of hydrogen-bond donors (Lipinski definition) is 0. The molecule has 6 unspecified atom stereocenters. The summed E-state index contributed by atoms with van der Waals surface area (Å²) in [5, 5.41) is 0. The quantitative estimate of drug-likeness (QED) is 0.576. The molecule has 0 aromatic heterocycles. The van der Waals surface area contributed by atoms with Gasteiger partial charge in [0.15, 0.2) is 0 Å². The summed E-state index contributed by atoms with van der Waals surface area (Å²) in [6.45, 7) is 7.42. The van der Waals surface area contributed by atoms with Crippen LogP contribution in [0.25, 0.3) is 0 Å². The van der Waals surface area contributed by atoms with Gasteiger partial charge in [0, 0.05) is 0 Å². The van der Waals surface area contributed by atoms with E-state index in [9.17, 15) is 0 Å². The van der Waals surface area contributed by atoms with E-state index in [2.05, 4.69) is 20.8 Å². The van der Waals surface area contributed by atoms with Gasteiger partial charge in [-0.3, -0.25) is 0 Å². The van der Waals surface area contributed by atoms with E-state index in [0.29, 0.717) is 0 Å². The largest absolute Gasteiger partial charge is 0.0622 e. The predicted octanol–water partition coefficient (Wildman–Crippen LogP) is 3.57. The molecule has 0 aromatic rings. The van der Waals surface area contributed by atoms with E-state index in [4.69, 9.17) is 0 Å². The average molecular weight is 178 g/mol. The molecule has 0 bridgehead atoms. The Morgan fingerprint density at radius 3 is 1.77 bits per heavy atom. The van der Waals surface area contributed by atoms with Crippen LogP contribution in [0, 0.1) is 41.4 Å². The first-order valence-electron chi connectivity index (χ1n) is 6.18. The molecule has 0 amide bonds. The lowest BCUT2D eigenvalue weighted by Gasteiger charge is -2.64. The molecule has 3 rings (SSSR count). The summed E-state index contributed by atoms with van der Waals surface area (Å²) in [5.41, 5.74) is 0. The summed E-state index contributed by atoms with van der Waals surface area (Å²) < 4.78 is 0. The summed E-state index contributed by atoms with van der Waals surface area (Å²) in [7, 11) is 0. The van der Waals surface area contributed by atoms with E-state index in [0.717, 1.165) is 35.5 Å². The molecule has 0 N–H and O–H groups in total. The Balaban J connectivity index is 1.67. The second-order valence-corrected chi connectivity index (χ2v) is 6.22. The average Bonchev–Trinajstić information content (AvgIpc) is 2.00. The van der Waals surface area contributed by atoms with Gasteiger partial charge in [-0.2, -0.15) is 0 Å². The van der Waals surface area contributed by atoms with Crippen LogP contribution in [-0.2, 0) is 0 Å². The molecule has 0 radical (unpaired) electrons. The number of fused-ring (bicyclic) bond motifs is 1. The molecular weight excluding hydrogens is 156 g/mol. The highest BCUT2D eigenvalue weighted by Crippen LogP contribution is 2.64. The monoisotopic (exact) mass is 178 g/mol. The summed E-state index contributed by atoms with van der Waals surface area (Å²) >= 11 is 0. The van der Waals surface area contributed by atoms with Crippen molar-refractivity contribution in [3.05, 3.63) is 0 Å². The standard InChI is InChI=1S/C13H22/c1-7-4-8(2)12(7)11-6-10-5-9(3)13(10)11/h7-13H,4-6H2,1-3H3. The molecule has 0 aromatic carbocycles. The van der Waals surface area contributed by atoms with Crippen LogP contribution in [-0.4, -0.2) is 0 Å². The maximum atomic E-state index is 2.47. The van der Waals surface area contributed by atoms with E-state index in [1.807, 2.05) is 0 Å². The van der Waals surface area contributed by atoms with Gasteiger partial charge >= 0.3 is 0 Å². The third kappa shape index (κ3) is 0.926. The lowest BCUT2D eigenvalue weighted by atomic mass is 9.41. The molecule has 74 valence electrons. The lowest BCUT2D eigenvalue weighted by molar-refractivity contribution is -0.152. The van der Waals surface area contributed by atoms with Crippen molar-refractivity contribution in [2.75, 3.05) is 0 Å². The lowest BCUT2D eigenvalue weighted by Crippen LogP contribution is -2.57. The molecule has 0 nitrogen and oxygen atoms in total. The van der Waals surface area contributed by atoms with Crippen molar-refractivity contribution in [2.45, 2.75) is 40.0 Å². The zero-order chi connectivity index (χ0) is 9.16. The fourth-order valence-corrected chi connectivity index (χ4v) is 4.92. The Morgan fingerprint density at radius 1 is 0.692 bits per heavy atom. The van der Waals surface area contributed by atoms with Gasteiger partial charge in [-0.1, -0.05) is 20.8 Å². The second kappa shape index (κ2) is 2.52. The van der Waals surface area contributed by atoms with Gasteiger partial charge in [0.25, 0.3) is 0 Å². The molecule has 3 fully saturated rings. The van der Waals surface area contributed by atoms with Gasteiger partial charge in [0.1, 0.15) is 0 Å². The summed E-state index contributed by atoms with van der Waals surface area (Å²) in [6, 6.07) is 0. The zero-order valence-corrected chi connectivity index (χ0v) is 9.16. The third-order valence-electron chi connectivity index (χ3n) is 5.50. The number of hydrogen-bond acceptors (Lipinski definition) is 0. The summed E-state index contributed by atoms with van der Waals surface area (Å²) in [5.74, 6) is 7.76. The van der Waals surface area contributed by atoms with Crippen LogP contribution < -0.4 is 0 Å². The first-order chi connectivity index (χ1) is 6.18. The van der Waals surface area contributed by atoms with Crippen LogP contribution in [0.5, 0.6) is 0 Å². The zero-order valence-electron chi connectivity index (χ0n) is 9.16. The Morgan fingerprint density at radius 2 is 1.31 bits per heavy atom. The van der Waals surface area contributed by atoms with Crippen molar-refractivity contribution in [1.82, 2.24) is 0 Å². The Bertz CT molecular complexity index is 208. The van der Waals surface area contributed by atoms with E-state index in [-0.39, 0.29) is 0 Å². The predicted molar refractivity (Wildman–Crippen MR) is 55.3 cm³/mol. The van der Waals surface area contributed by atoms with Crippen LogP contribution in [0.3, 0.4) is 0 Å². The summed E-state index contributed by atoms with van der Waals surface area (Å²) in [4.78, 5) is 0. The minimum Gasteiger partial charge on any atom is -0.0622 e. The highest BCUT2D eigenvalue weighted by atomic mass is 14.6. The molecule has 3 aliphatic rings. The molecule has 13 heavy (non-hydrogen) atoms. The van der Waals surface area contributed by atoms with Gasteiger partial charge in [0.2, 0.25) is 0 Å². The molecule has 0 heteroatoms. The molecule has 3 aliphatic carbocycles. The van der Waals surface area contributed by atoms with E-state index in [1.54, 1.807) is 12.8 Å². The van der Waals surface area contributed by atoms with Crippen molar-refractivity contribution < 1.29 is 0 Å². The van der Waals surface area contributed by atoms with Crippen molar-refractivity contribution >= 4 is 0 Å².